The van der Waals surface area contributed by atoms with Gasteiger partial charge in [0.1, 0.15) is 0 Å². The van der Waals surface area contributed by atoms with Gasteiger partial charge in [-0.2, -0.15) is 0 Å². The summed E-state index contributed by atoms with van der Waals surface area (Å²) in [6, 6.07) is 23.5. The van der Waals surface area contributed by atoms with E-state index in [9.17, 15) is 18.3 Å². The third-order valence-corrected chi connectivity index (χ3v) is 8.98. The van der Waals surface area contributed by atoms with Crippen LogP contribution in [0.5, 0.6) is 0 Å². The van der Waals surface area contributed by atoms with Crippen molar-refractivity contribution in [3.8, 4) is 0 Å². The van der Waals surface area contributed by atoms with Crippen LogP contribution in [-0.4, -0.2) is 42.4 Å². The van der Waals surface area contributed by atoms with Gasteiger partial charge in [0.25, 0.3) is 5.91 Å². The van der Waals surface area contributed by atoms with E-state index in [-0.39, 0.29) is 16.6 Å². The molecule has 0 atom stereocenters. The summed E-state index contributed by atoms with van der Waals surface area (Å²) in [6.45, 7) is 2.99. The molecule has 1 aliphatic rings. The van der Waals surface area contributed by atoms with Crippen LogP contribution >= 0.6 is 0 Å². The SMILES string of the molecule is CCc1ccccc1C1(O)CCN(C(=O)c2ccc(CS(=O)(=O)c3cccc4cccnc34)cc2)CC1. The monoisotopic (exact) mass is 514 g/mol. The van der Waals surface area contributed by atoms with Gasteiger partial charge < -0.3 is 10.0 Å². The normalized spacial score (nSPS) is 15.6. The maximum absolute atomic E-state index is 13.2. The molecule has 1 fully saturated rings. The molecule has 4 aromatic rings. The molecule has 37 heavy (non-hydrogen) atoms. The minimum absolute atomic E-state index is 0.113. The Labute approximate surface area is 217 Å². The van der Waals surface area contributed by atoms with E-state index >= 15 is 0 Å². The Bertz CT molecular complexity index is 1530. The molecule has 1 aromatic heterocycles. The fourth-order valence-electron chi connectivity index (χ4n) is 5.18. The molecular formula is C30H30N2O4S. The Morgan fingerprint density at radius 1 is 0.946 bits per heavy atom. The number of piperidine rings is 1. The average molecular weight is 515 g/mol. The number of rotatable bonds is 6. The van der Waals surface area contributed by atoms with Gasteiger partial charge in [-0.1, -0.05) is 61.5 Å². The van der Waals surface area contributed by atoms with Gasteiger partial charge in [0.15, 0.2) is 9.84 Å². The van der Waals surface area contributed by atoms with E-state index < -0.39 is 15.4 Å². The van der Waals surface area contributed by atoms with Crippen molar-refractivity contribution in [3.63, 3.8) is 0 Å². The summed E-state index contributed by atoms with van der Waals surface area (Å²) in [5, 5.41) is 12.1. The number of sulfone groups is 1. The van der Waals surface area contributed by atoms with E-state index in [1.54, 1.807) is 53.6 Å². The minimum atomic E-state index is -3.62. The molecule has 0 radical (unpaired) electrons. The van der Waals surface area contributed by atoms with Crippen molar-refractivity contribution in [1.29, 1.82) is 0 Å². The summed E-state index contributed by atoms with van der Waals surface area (Å²) in [4.78, 5) is 19.4. The van der Waals surface area contributed by atoms with E-state index in [2.05, 4.69) is 11.9 Å². The van der Waals surface area contributed by atoms with Crippen molar-refractivity contribution < 1.29 is 18.3 Å². The van der Waals surface area contributed by atoms with Crippen LogP contribution in [0.15, 0.2) is 90.0 Å². The van der Waals surface area contributed by atoms with Gasteiger partial charge in [-0.05, 0) is 60.2 Å². The molecule has 7 heteroatoms. The first kappa shape index (κ1) is 25.1. The van der Waals surface area contributed by atoms with Crippen LogP contribution < -0.4 is 0 Å². The number of aliphatic hydroxyl groups is 1. The quantitative estimate of drug-likeness (QED) is 0.396. The van der Waals surface area contributed by atoms with Gasteiger partial charge in [-0.15, -0.1) is 0 Å². The lowest BCUT2D eigenvalue weighted by Crippen LogP contribution is -2.45. The van der Waals surface area contributed by atoms with Crippen molar-refractivity contribution in [2.24, 2.45) is 0 Å². The van der Waals surface area contributed by atoms with Crippen molar-refractivity contribution in [2.75, 3.05) is 13.1 Å². The number of para-hydroxylation sites is 1. The summed E-state index contributed by atoms with van der Waals surface area (Å²) >= 11 is 0. The maximum atomic E-state index is 13.2. The first-order chi connectivity index (χ1) is 17.8. The van der Waals surface area contributed by atoms with Crippen molar-refractivity contribution in [1.82, 2.24) is 9.88 Å². The van der Waals surface area contributed by atoms with E-state index in [0.717, 1.165) is 22.9 Å². The highest BCUT2D eigenvalue weighted by atomic mass is 32.2. The Hall–Kier alpha value is -3.55. The molecule has 0 aliphatic carbocycles. The van der Waals surface area contributed by atoms with Gasteiger partial charge in [-0.25, -0.2) is 8.42 Å². The Morgan fingerprint density at radius 2 is 1.65 bits per heavy atom. The van der Waals surface area contributed by atoms with Crippen molar-refractivity contribution in [3.05, 3.63) is 107 Å². The molecule has 3 aromatic carbocycles. The Morgan fingerprint density at radius 3 is 2.38 bits per heavy atom. The van der Waals surface area contributed by atoms with Crippen LogP contribution in [0.1, 0.15) is 46.8 Å². The first-order valence-corrected chi connectivity index (χ1v) is 14.2. The molecule has 1 amide bonds. The standard InChI is InChI=1S/C30H30N2O4S/c1-2-23-7-3-4-10-26(23)30(34)16-19-32(20-17-30)29(33)25-14-12-22(13-15-25)21-37(35,36)27-11-5-8-24-9-6-18-31-28(24)27/h3-15,18,34H,2,16-17,19-21H2,1H3. The number of carbonyl (C=O) groups is 1. The summed E-state index contributed by atoms with van der Waals surface area (Å²) < 4.78 is 26.3. The number of benzene rings is 3. The molecule has 2 heterocycles. The molecular weight excluding hydrogens is 484 g/mol. The number of hydrogen-bond acceptors (Lipinski definition) is 5. The van der Waals surface area contributed by atoms with Crippen molar-refractivity contribution in [2.45, 2.75) is 42.4 Å². The average Bonchev–Trinajstić information content (AvgIpc) is 2.93. The molecule has 1 aliphatic heterocycles. The molecule has 1 saturated heterocycles. The molecule has 0 saturated carbocycles. The van der Waals surface area contributed by atoms with E-state index in [4.69, 9.17) is 0 Å². The van der Waals surface area contributed by atoms with Crippen LogP contribution in [0.3, 0.4) is 0 Å². The number of nitrogens with zero attached hydrogens (tertiary/aromatic N) is 2. The summed E-state index contributed by atoms with van der Waals surface area (Å²) in [5.41, 5.74) is 2.73. The topological polar surface area (TPSA) is 87.6 Å². The maximum Gasteiger partial charge on any atom is 0.253 e. The third kappa shape index (κ3) is 5.02. The van der Waals surface area contributed by atoms with Gasteiger partial charge in [0.2, 0.25) is 0 Å². The largest absolute Gasteiger partial charge is 0.385 e. The van der Waals surface area contributed by atoms with Crippen LogP contribution in [0.25, 0.3) is 10.9 Å². The fraction of sp³-hybridized carbons (Fsp3) is 0.267. The van der Waals surface area contributed by atoms with E-state index in [1.165, 1.54) is 0 Å². The number of aryl methyl sites for hydroxylation is 1. The second-order valence-corrected chi connectivity index (χ2v) is 11.6. The predicted octanol–water partition coefficient (Wildman–Crippen LogP) is 4.89. The lowest BCUT2D eigenvalue weighted by Gasteiger charge is -2.39. The van der Waals surface area contributed by atoms with Crippen LogP contribution in [0, 0.1) is 0 Å². The number of pyridine rings is 1. The summed E-state index contributed by atoms with van der Waals surface area (Å²) in [5.74, 6) is -0.288. The van der Waals surface area contributed by atoms with Crippen LogP contribution in [0.2, 0.25) is 0 Å². The second-order valence-electron chi connectivity index (χ2n) is 9.62. The zero-order chi connectivity index (χ0) is 26.0. The smallest absolute Gasteiger partial charge is 0.253 e. The van der Waals surface area contributed by atoms with Gasteiger partial charge in [0, 0.05) is 30.2 Å². The number of likely N-dealkylation sites (tertiary alicyclic amines) is 1. The zero-order valence-corrected chi connectivity index (χ0v) is 21.6. The number of aromatic nitrogens is 1. The second kappa shape index (κ2) is 10.1. The number of carbonyl (C=O) groups excluding carboxylic acids is 1. The number of hydrogen-bond donors (Lipinski definition) is 1. The van der Waals surface area contributed by atoms with Gasteiger partial charge in [0.05, 0.1) is 21.8 Å². The highest BCUT2D eigenvalue weighted by Gasteiger charge is 2.36. The minimum Gasteiger partial charge on any atom is -0.385 e. The van der Waals surface area contributed by atoms with Gasteiger partial charge in [-0.3, -0.25) is 9.78 Å². The lowest BCUT2D eigenvalue weighted by atomic mass is 9.81. The molecule has 0 bridgehead atoms. The fourth-order valence-corrected chi connectivity index (χ4v) is 6.72. The summed E-state index contributed by atoms with van der Waals surface area (Å²) in [6.07, 6.45) is 3.39. The molecule has 6 nitrogen and oxygen atoms in total. The Kier molecular flexibility index (Phi) is 6.84. The zero-order valence-electron chi connectivity index (χ0n) is 20.8. The Balaban J connectivity index is 1.27. The van der Waals surface area contributed by atoms with Crippen LogP contribution in [0.4, 0.5) is 0 Å². The number of amides is 1. The molecule has 0 spiro atoms. The summed E-state index contributed by atoms with van der Waals surface area (Å²) in [7, 11) is -3.62. The van der Waals surface area contributed by atoms with E-state index in [0.29, 0.717) is 42.6 Å². The first-order valence-electron chi connectivity index (χ1n) is 12.6. The molecule has 5 rings (SSSR count). The highest BCUT2D eigenvalue weighted by molar-refractivity contribution is 7.90. The highest BCUT2D eigenvalue weighted by Crippen LogP contribution is 2.35. The molecule has 1 N–H and O–H groups in total. The van der Waals surface area contributed by atoms with Crippen molar-refractivity contribution >= 4 is 26.6 Å². The molecule has 190 valence electrons. The third-order valence-electron chi connectivity index (χ3n) is 7.27. The lowest BCUT2D eigenvalue weighted by molar-refractivity contribution is -0.0217. The number of fused-ring (bicyclic) bond motifs is 1. The molecule has 0 unspecified atom stereocenters. The van der Waals surface area contributed by atoms with Crippen LogP contribution in [-0.2, 0) is 27.6 Å². The van der Waals surface area contributed by atoms with E-state index in [1.807, 2.05) is 36.4 Å². The predicted molar refractivity (Wildman–Crippen MR) is 144 cm³/mol. The van der Waals surface area contributed by atoms with Gasteiger partial charge >= 0.3 is 0 Å².